The zero-order valence-electron chi connectivity index (χ0n) is 13.7. The lowest BCUT2D eigenvalue weighted by atomic mass is 9.91. The van der Waals surface area contributed by atoms with Gasteiger partial charge in [-0.3, -0.25) is 4.79 Å². The van der Waals surface area contributed by atoms with Gasteiger partial charge in [0.25, 0.3) is 0 Å². The molecule has 2 rings (SSSR count). The van der Waals surface area contributed by atoms with E-state index in [4.69, 9.17) is 23.2 Å². The summed E-state index contributed by atoms with van der Waals surface area (Å²) >= 11 is 11.9. The number of carboxylic acids is 1. The molecule has 1 heterocycles. The first-order chi connectivity index (χ1) is 11.7. The number of amides is 2. The van der Waals surface area contributed by atoms with Crippen molar-refractivity contribution in [3.05, 3.63) is 27.7 Å². The molecular formula is C16H18Cl2N2O5. The molecule has 1 aromatic carbocycles. The molecule has 1 aliphatic rings. The molecule has 9 heteroatoms. The number of anilines is 1. The Labute approximate surface area is 154 Å². The number of carbonyl (C=O) groups is 3. The standard InChI is InChI=1S/C16H18Cl2N2O5/c1-8-3-9(14(21)22)7-20(6-8)16(24)19-13-5-12(18)11(17)4-10(13)15(23)25-2/h4-5,8-9H,3,6-7H2,1-2H3,(H,19,24)(H,21,22). The van der Waals surface area contributed by atoms with E-state index < -0.39 is 23.9 Å². The van der Waals surface area contributed by atoms with E-state index in [1.807, 2.05) is 6.92 Å². The van der Waals surface area contributed by atoms with Crippen molar-refractivity contribution in [2.45, 2.75) is 13.3 Å². The average molecular weight is 389 g/mol. The Bertz CT molecular complexity index is 710. The number of nitrogens with one attached hydrogen (secondary N) is 1. The molecule has 0 aliphatic carbocycles. The van der Waals surface area contributed by atoms with Crippen molar-refractivity contribution in [1.29, 1.82) is 0 Å². The predicted octanol–water partition coefficient (Wildman–Crippen LogP) is 3.35. The molecule has 25 heavy (non-hydrogen) atoms. The molecule has 0 spiro atoms. The Balaban J connectivity index is 2.23. The van der Waals surface area contributed by atoms with E-state index in [1.54, 1.807) is 0 Å². The number of rotatable bonds is 3. The van der Waals surface area contributed by atoms with Crippen LogP contribution < -0.4 is 5.32 Å². The maximum atomic E-state index is 12.5. The molecule has 0 saturated carbocycles. The SMILES string of the molecule is COC(=O)c1cc(Cl)c(Cl)cc1NC(=O)N1CC(C)CC(C(=O)O)C1. The number of methoxy groups -OCH3 is 1. The molecule has 1 fully saturated rings. The Hall–Kier alpha value is -1.99. The van der Waals surface area contributed by atoms with E-state index in [-0.39, 0.29) is 33.8 Å². The van der Waals surface area contributed by atoms with Gasteiger partial charge in [-0.1, -0.05) is 30.1 Å². The zero-order valence-corrected chi connectivity index (χ0v) is 15.2. The third-order valence-corrected chi connectivity index (χ3v) is 4.73. The van der Waals surface area contributed by atoms with Gasteiger partial charge in [-0.2, -0.15) is 0 Å². The second-order valence-corrected chi connectivity index (χ2v) is 6.83. The van der Waals surface area contributed by atoms with Crippen LogP contribution in [0.15, 0.2) is 12.1 Å². The van der Waals surface area contributed by atoms with Crippen molar-refractivity contribution in [3.63, 3.8) is 0 Å². The van der Waals surface area contributed by atoms with Crippen LogP contribution in [0.25, 0.3) is 0 Å². The number of benzene rings is 1. The van der Waals surface area contributed by atoms with E-state index in [0.29, 0.717) is 13.0 Å². The maximum Gasteiger partial charge on any atom is 0.340 e. The molecule has 1 saturated heterocycles. The average Bonchev–Trinajstić information content (AvgIpc) is 2.56. The Morgan fingerprint density at radius 3 is 2.48 bits per heavy atom. The summed E-state index contributed by atoms with van der Waals surface area (Å²) in [4.78, 5) is 37.1. The molecule has 0 aromatic heterocycles. The van der Waals surface area contributed by atoms with E-state index in [2.05, 4.69) is 10.1 Å². The number of likely N-dealkylation sites (tertiary alicyclic amines) is 1. The van der Waals surface area contributed by atoms with Gasteiger partial charge in [-0.15, -0.1) is 0 Å². The number of hydrogen-bond donors (Lipinski definition) is 2. The number of piperidine rings is 1. The summed E-state index contributed by atoms with van der Waals surface area (Å²) < 4.78 is 4.68. The number of urea groups is 1. The minimum absolute atomic E-state index is 0.0504. The topological polar surface area (TPSA) is 95.9 Å². The minimum Gasteiger partial charge on any atom is -0.481 e. The molecule has 2 atom stereocenters. The lowest BCUT2D eigenvalue weighted by Crippen LogP contribution is -2.47. The number of carbonyl (C=O) groups excluding carboxylic acids is 2. The van der Waals surface area contributed by atoms with Gasteiger partial charge in [0.05, 0.1) is 34.3 Å². The zero-order chi connectivity index (χ0) is 18.7. The summed E-state index contributed by atoms with van der Waals surface area (Å²) in [7, 11) is 1.21. The summed E-state index contributed by atoms with van der Waals surface area (Å²) in [6, 6.07) is 2.15. The van der Waals surface area contributed by atoms with Crippen LogP contribution in [-0.4, -0.2) is 48.2 Å². The van der Waals surface area contributed by atoms with Crippen molar-refractivity contribution in [2.24, 2.45) is 11.8 Å². The van der Waals surface area contributed by atoms with Gasteiger partial charge in [0, 0.05) is 13.1 Å². The summed E-state index contributed by atoms with van der Waals surface area (Å²) in [6.07, 6.45) is 0.513. The van der Waals surface area contributed by atoms with Crippen LogP contribution in [0.2, 0.25) is 10.0 Å². The summed E-state index contributed by atoms with van der Waals surface area (Å²) in [5.74, 6) is -2.18. The molecule has 136 valence electrons. The highest BCUT2D eigenvalue weighted by Gasteiger charge is 2.32. The van der Waals surface area contributed by atoms with Crippen LogP contribution in [0.3, 0.4) is 0 Å². The Morgan fingerprint density at radius 1 is 1.24 bits per heavy atom. The van der Waals surface area contributed by atoms with Gasteiger partial charge in [-0.05, 0) is 24.5 Å². The largest absolute Gasteiger partial charge is 0.481 e. The Kier molecular flexibility index (Phi) is 6.13. The van der Waals surface area contributed by atoms with Crippen LogP contribution in [0.1, 0.15) is 23.7 Å². The smallest absolute Gasteiger partial charge is 0.340 e. The summed E-state index contributed by atoms with van der Waals surface area (Å²) in [6.45, 7) is 2.40. The molecule has 2 unspecified atom stereocenters. The van der Waals surface area contributed by atoms with E-state index in [9.17, 15) is 19.5 Å². The molecule has 1 aromatic rings. The highest BCUT2D eigenvalue weighted by atomic mass is 35.5. The fourth-order valence-corrected chi connectivity index (χ4v) is 3.15. The van der Waals surface area contributed by atoms with Gasteiger partial charge in [-0.25, -0.2) is 9.59 Å². The number of esters is 1. The van der Waals surface area contributed by atoms with Gasteiger partial charge in [0.2, 0.25) is 0 Å². The van der Waals surface area contributed by atoms with Crippen LogP contribution in [0, 0.1) is 11.8 Å². The van der Waals surface area contributed by atoms with Gasteiger partial charge < -0.3 is 20.1 Å². The van der Waals surface area contributed by atoms with Gasteiger partial charge >= 0.3 is 18.0 Å². The highest BCUT2D eigenvalue weighted by Crippen LogP contribution is 2.30. The van der Waals surface area contributed by atoms with Crippen molar-refractivity contribution in [3.8, 4) is 0 Å². The van der Waals surface area contributed by atoms with Gasteiger partial charge in [0.1, 0.15) is 0 Å². The van der Waals surface area contributed by atoms with Crippen LogP contribution >= 0.6 is 23.2 Å². The monoisotopic (exact) mass is 388 g/mol. The predicted molar refractivity (Wildman–Crippen MR) is 93.3 cm³/mol. The van der Waals surface area contributed by atoms with E-state index in [0.717, 1.165) is 0 Å². The van der Waals surface area contributed by atoms with Crippen molar-refractivity contribution in [1.82, 2.24) is 4.90 Å². The molecule has 2 N–H and O–H groups in total. The molecule has 1 aliphatic heterocycles. The lowest BCUT2D eigenvalue weighted by molar-refractivity contribution is -0.143. The molecule has 0 radical (unpaired) electrons. The summed E-state index contributed by atoms with van der Waals surface area (Å²) in [5.41, 5.74) is 0.210. The van der Waals surface area contributed by atoms with Crippen molar-refractivity contribution < 1.29 is 24.2 Å². The Morgan fingerprint density at radius 2 is 1.88 bits per heavy atom. The third kappa shape index (κ3) is 4.55. The van der Waals surface area contributed by atoms with E-state index in [1.165, 1.54) is 24.1 Å². The minimum atomic E-state index is -0.936. The fraction of sp³-hybridized carbons (Fsp3) is 0.438. The van der Waals surface area contributed by atoms with Crippen LogP contribution in [-0.2, 0) is 9.53 Å². The number of nitrogens with zero attached hydrogens (tertiary/aromatic N) is 1. The highest BCUT2D eigenvalue weighted by molar-refractivity contribution is 6.42. The first kappa shape index (κ1) is 19.3. The lowest BCUT2D eigenvalue weighted by Gasteiger charge is -2.34. The van der Waals surface area contributed by atoms with Crippen molar-refractivity contribution in [2.75, 3.05) is 25.5 Å². The number of carboxylic acid groups (broad SMARTS) is 1. The molecular weight excluding hydrogens is 371 g/mol. The first-order valence-electron chi connectivity index (χ1n) is 7.59. The number of halogens is 2. The third-order valence-electron chi connectivity index (χ3n) is 4.00. The van der Waals surface area contributed by atoms with Crippen molar-refractivity contribution >= 4 is 46.9 Å². The number of hydrogen-bond acceptors (Lipinski definition) is 4. The molecule has 7 nitrogen and oxygen atoms in total. The second kappa shape index (κ2) is 7.93. The number of ether oxygens (including phenoxy) is 1. The quantitative estimate of drug-likeness (QED) is 0.773. The fourth-order valence-electron chi connectivity index (χ4n) is 2.82. The van der Waals surface area contributed by atoms with Crippen LogP contribution in [0.5, 0.6) is 0 Å². The van der Waals surface area contributed by atoms with Crippen LogP contribution in [0.4, 0.5) is 10.5 Å². The van der Waals surface area contributed by atoms with E-state index >= 15 is 0 Å². The molecule has 2 amide bonds. The first-order valence-corrected chi connectivity index (χ1v) is 8.34. The molecule has 0 bridgehead atoms. The normalized spacial score (nSPS) is 20.1. The maximum absolute atomic E-state index is 12.5. The second-order valence-electron chi connectivity index (χ2n) is 6.01. The van der Waals surface area contributed by atoms with Gasteiger partial charge in [0.15, 0.2) is 0 Å². The number of aliphatic carboxylic acids is 1. The summed E-state index contributed by atoms with van der Waals surface area (Å²) in [5, 5.41) is 12.1.